The van der Waals surface area contributed by atoms with Crippen LogP contribution in [0.4, 0.5) is 5.82 Å². The van der Waals surface area contributed by atoms with E-state index in [1.807, 2.05) is 6.07 Å². The van der Waals surface area contributed by atoms with Crippen molar-refractivity contribution in [2.45, 2.75) is 0 Å². The number of rotatable bonds is 1. The molecular formula is C9H6N6. The average Bonchev–Trinajstić information content (AvgIpc) is 2.30. The molecule has 0 saturated carbocycles. The molecule has 0 saturated heterocycles. The lowest BCUT2D eigenvalue weighted by Gasteiger charge is -1.98. The van der Waals surface area contributed by atoms with Crippen LogP contribution in [0.5, 0.6) is 0 Å². The number of hydrogen-bond donors (Lipinski definition) is 1. The van der Waals surface area contributed by atoms with Crippen molar-refractivity contribution in [1.29, 1.82) is 5.26 Å². The van der Waals surface area contributed by atoms with E-state index in [2.05, 4.69) is 19.9 Å². The summed E-state index contributed by atoms with van der Waals surface area (Å²) in [5.74, 6) is 0.336. The first-order valence-electron chi connectivity index (χ1n) is 4.09. The minimum absolute atomic E-state index is 0.242. The zero-order valence-electron chi connectivity index (χ0n) is 7.62. The van der Waals surface area contributed by atoms with E-state index < -0.39 is 0 Å². The quantitative estimate of drug-likeness (QED) is 0.711. The molecule has 0 aromatic carbocycles. The lowest BCUT2D eigenvalue weighted by atomic mass is 10.3. The van der Waals surface area contributed by atoms with Gasteiger partial charge in [0.15, 0.2) is 5.69 Å². The molecular weight excluding hydrogens is 192 g/mol. The Bertz CT molecular complexity index is 513. The third kappa shape index (κ3) is 1.86. The Morgan fingerprint density at radius 3 is 2.60 bits per heavy atom. The van der Waals surface area contributed by atoms with Gasteiger partial charge in [-0.1, -0.05) is 0 Å². The zero-order valence-corrected chi connectivity index (χ0v) is 7.62. The predicted molar refractivity (Wildman–Crippen MR) is 52.2 cm³/mol. The lowest BCUT2D eigenvalue weighted by Crippen LogP contribution is -1.95. The Labute approximate surface area is 85.5 Å². The van der Waals surface area contributed by atoms with Crippen LogP contribution in [0.2, 0.25) is 0 Å². The highest BCUT2D eigenvalue weighted by atomic mass is 14.9. The van der Waals surface area contributed by atoms with Crippen molar-refractivity contribution in [3.8, 4) is 17.5 Å². The average molecular weight is 198 g/mol. The fourth-order valence-corrected chi connectivity index (χ4v) is 1.01. The number of aromatic nitrogens is 4. The van der Waals surface area contributed by atoms with E-state index in [0.29, 0.717) is 17.2 Å². The third-order valence-corrected chi connectivity index (χ3v) is 1.68. The first-order valence-corrected chi connectivity index (χ1v) is 4.09. The fraction of sp³-hybridized carbons (Fsp3) is 0. The summed E-state index contributed by atoms with van der Waals surface area (Å²) in [4.78, 5) is 15.8. The molecule has 2 rings (SSSR count). The molecule has 6 heteroatoms. The van der Waals surface area contributed by atoms with Crippen molar-refractivity contribution in [1.82, 2.24) is 19.9 Å². The SMILES string of the molecule is N#Cc1cncc(-c2cnc(N)cn2)n1. The van der Waals surface area contributed by atoms with Crippen molar-refractivity contribution in [3.05, 3.63) is 30.5 Å². The van der Waals surface area contributed by atoms with Crippen molar-refractivity contribution in [3.63, 3.8) is 0 Å². The molecule has 0 atom stereocenters. The number of nitriles is 1. The normalized spacial score (nSPS) is 9.53. The number of hydrogen-bond acceptors (Lipinski definition) is 6. The molecule has 0 amide bonds. The second kappa shape index (κ2) is 3.67. The number of nitrogens with zero attached hydrogens (tertiary/aromatic N) is 5. The maximum absolute atomic E-state index is 8.64. The van der Waals surface area contributed by atoms with Gasteiger partial charge < -0.3 is 5.73 Å². The van der Waals surface area contributed by atoms with Crippen molar-refractivity contribution in [2.75, 3.05) is 5.73 Å². The largest absolute Gasteiger partial charge is 0.382 e. The van der Waals surface area contributed by atoms with Crippen LogP contribution >= 0.6 is 0 Å². The maximum Gasteiger partial charge on any atom is 0.159 e. The Morgan fingerprint density at radius 1 is 1.07 bits per heavy atom. The molecule has 0 aliphatic rings. The Hall–Kier alpha value is -2.55. The monoisotopic (exact) mass is 198 g/mol. The van der Waals surface area contributed by atoms with E-state index >= 15 is 0 Å². The summed E-state index contributed by atoms with van der Waals surface area (Å²) in [6.45, 7) is 0. The maximum atomic E-state index is 8.64. The number of anilines is 1. The Balaban J connectivity index is 2.46. The van der Waals surface area contributed by atoms with Gasteiger partial charge in [-0.2, -0.15) is 5.26 Å². The molecule has 72 valence electrons. The standard InChI is InChI=1S/C9H6N6/c10-1-6-2-12-3-8(15-6)7-4-14-9(11)5-13-7/h2-5H,(H2,11,14). The number of nitrogen functional groups attached to an aromatic ring is 1. The first kappa shape index (κ1) is 9.02. The van der Waals surface area contributed by atoms with Crippen LogP contribution in [0.3, 0.4) is 0 Å². The van der Waals surface area contributed by atoms with Crippen LogP contribution in [0.25, 0.3) is 11.4 Å². The summed E-state index contributed by atoms with van der Waals surface area (Å²) in [6.07, 6.45) is 5.81. The van der Waals surface area contributed by atoms with Gasteiger partial charge in [0.2, 0.25) is 0 Å². The second-order valence-corrected chi connectivity index (χ2v) is 2.73. The Morgan fingerprint density at radius 2 is 1.93 bits per heavy atom. The highest BCUT2D eigenvalue weighted by Gasteiger charge is 2.03. The van der Waals surface area contributed by atoms with Crippen LogP contribution in [0.15, 0.2) is 24.8 Å². The molecule has 15 heavy (non-hydrogen) atoms. The molecule has 0 spiro atoms. The molecule has 6 nitrogen and oxygen atoms in total. The van der Waals surface area contributed by atoms with Crippen LogP contribution in [-0.4, -0.2) is 19.9 Å². The van der Waals surface area contributed by atoms with Crippen molar-refractivity contribution < 1.29 is 0 Å². The third-order valence-electron chi connectivity index (χ3n) is 1.68. The first-order chi connectivity index (χ1) is 7.29. The highest BCUT2D eigenvalue weighted by Crippen LogP contribution is 2.11. The second-order valence-electron chi connectivity index (χ2n) is 2.73. The van der Waals surface area contributed by atoms with E-state index in [0.717, 1.165) is 0 Å². The smallest absolute Gasteiger partial charge is 0.159 e. The van der Waals surface area contributed by atoms with Crippen LogP contribution in [0.1, 0.15) is 5.69 Å². The molecule has 0 bridgehead atoms. The molecule has 0 unspecified atom stereocenters. The van der Waals surface area contributed by atoms with Crippen molar-refractivity contribution in [2.24, 2.45) is 0 Å². The molecule has 0 aliphatic heterocycles. The van der Waals surface area contributed by atoms with E-state index in [4.69, 9.17) is 11.0 Å². The van der Waals surface area contributed by atoms with Crippen LogP contribution < -0.4 is 5.73 Å². The predicted octanol–water partition coefficient (Wildman–Crippen LogP) is 0.387. The summed E-state index contributed by atoms with van der Waals surface area (Å²) >= 11 is 0. The highest BCUT2D eigenvalue weighted by molar-refractivity contribution is 5.52. The molecule has 2 aromatic heterocycles. The van der Waals surface area contributed by atoms with E-state index in [-0.39, 0.29) is 5.69 Å². The Kier molecular flexibility index (Phi) is 2.21. The van der Waals surface area contributed by atoms with E-state index in [1.165, 1.54) is 24.8 Å². The van der Waals surface area contributed by atoms with Gasteiger partial charge in [-0.15, -0.1) is 0 Å². The van der Waals surface area contributed by atoms with Crippen molar-refractivity contribution >= 4 is 5.82 Å². The van der Waals surface area contributed by atoms with Gasteiger partial charge >= 0.3 is 0 Å². The van der Waals surface area contributed by atoms with Gasteiger partial charge in [0.05, 0.1) is 24.8 Å². The minimum atomic E-state index is 0.242. The molecule has 2 heterocycles. The van der Waals surface area contributed by atoms with Gasteiger partial charge in [-0.25, -0.2) is 15.0 Å². The molecule has 0 aliphatic carbocycles. The summed E-state index contributed by atoms with van der Waals surface area (Å²) < 4.78 is 0. The minimum Gasteiger partial charge on any atom is -0.382 e. The fourth-order valence-electron chi connectivity index (χ4n) is 1.01. The van der Waals surface area contributed by atoms with Crippen LogP contribution in [-0.2, 0) is 0 Å². The molecule has 2 N–H and O–H groups in total. The molecule has 2 aromatic rings. The number of nitrogens with two attached hydrogens (primary N) is 1. The summed E-state index contributed by atoms with van der Waals surface area (Å²) in [5, 5.41) is 8.64. The summed E-state index contributed by atoms with van der Waals surface area (Å²) in [5.41, 5.74) is 6.68. The summed E-state index contributed by atoms with van der Waals surface area (Å²) in [6, 6.07) is 1.90. The van der Waals surface area contributed by atoms with Gasteiger partial charge in [0.25, 0.3) is 0 Å². The van der Waals surface area contributed by atoms with Gasteiger partial charge in [-0.05, 0) is 0 Å². The van der Waals surface area contributed by atoms with Crippen LogP contribution in [0, 0.1) is 11.3 Å². The van der Waals surface area contributed by atoms with Gasteiger partial charge in [0.1, 0.15) is 23.3 Å². The topological polar surface area (TPSA) is 101 Å². The van der Waals surface area contributed by atoms with Gasteiger partial charge in [0, 0.05) is 0 Å². The van der Waals surface area contributed by atoms with Gasteiger partial charge in [-0.3, -0.25) is 4.98 Å². The zero-order chi connectivity index (χ0) is 10.7. The summed E-state index contributed by atoms with van der Waals surface area (Å²) in [7, 11) is 0. The molecule has 0 fully saturated rings. The van der Waals surface area contributed by atoms with E-state index in [9.17, 15) is 0 Å². The van der Waals surface area contributed by atoms with E-state index in [1.54, 1.807) is 0 Å². The lowest BCUT2D eigenvalue weighted by molar-refractivity contribution is 1.13. The molecule has 0 radical (unpaired) electrons.